The van der Waals surface area contributed by atoms with Crippen molar-refractivity contribution < 1.29 is 19.4 Å². The van der Waals surface area contributed by atoms with Gasteiger partial charge in [-0.25, -0.2) is 9.97 Å². The lowest BCUT2D eigenvalue weighted by Gasteiger charge is -2.11. The third kappa shape index (κ3) is 7.35. The van der Waals surface area contributed by atoms with Gasteiger partial charge in [-0.2, -0.15) is 0 Å². The highest BCUT2D eigenvalue weighted by molar-refractivity contribution is 8.02. The Morgan fingerprint density at radius 3 is 1.48 bits per heavy atom. The van der Waals surface area contributed by atoms with Gasteiger partial charge in [0.1, 0.15) is 10.1 Å². The summed E-state index contributed by atoms with van der Waals surface area (Å²) >= 11 is 14.3. The zero-order valence-electron chi connectivity index (χ0n) is 20.0. The number of halogens is 2. The van der Waals surface area contributed by atoms with Crippen LogP contribution in [0.1, 0.15) is 0 Å². The van der Waals surface area contributed by atoms with Crippen molar-refractivity contribution in [2.45, 2.75) is 10.1 Å². The van der Waals surface area contributed by atoms with E-state index in [4.69, 9.17) is 23.2 Å². The van der Waals surface area contributed by atoms with Crippen molar-refractivity contribution in [1.82, 2.24) is 9.97 Å². The smallest absolute Gasteiger partial charge is 0.271 e. The molecule has 0 unspecified atom stereocenters. The van der Waals surface area contributed by atoms with E-state index in [0.29, 0.717) is 21.1 Å². The molecule has 0 saturated heterocycles. The van der Waals surface area contributed by atoms with Gasteiger partial charge in [0.2, 0.25) is 11.8 Å². The van der Waals surface area contributed by atoms with Crippen LogP contribution < -0.4 is 10.6 Å². The molecule has 40 heavy (non-hydrogen) atoms. The molecule has 2 N–H and O–H groups in total. The van der Waals surface area contributed by atoms with Crippen LogP contribution in [0.25, 0.3) is 11.0 Å². The second kappa shape index (κ2) is 12.9. The molecule has 0 bridgehead atoms. The van der Waals surface area contributed by atoms with Gasteiger partial charge in [-0.3, -0.25) is 29.8 Å². The SMILES string of the molecule is O=C(CSc1nc2ccccc2nc1SCC(=O)Nc1ccc([N+](=O)[O-])cc1Cl)Nc1ccc([N+](=O)[O-])cc1Cl. The van der Waals surface area contributed by atoms with E-state index in [1.165, 1.54) is 24.3 Å². The molecule has 0 saturated carbocycles. The van der Waals surface area contributed by atoms with Gasteiger partial charge in [0.05, 0.1) is 53.8 Å². The number of fused-ring (bicyclic) bond motifs is 1. The fraction of sp³-hybridized carbons (Fsp3) is 0.0833. The molecule has 4 rings (SSSR count). The normalized spacial score (nSPS) is 10.8. The van der Waals surface area contributed by atoms with Crippen molar-refractivity contribution in [1.29, 1.82) is 0 Å². The number of hydrogen-bond donors (Lipinski definition) is 2. The number of carbonyl (C=O) groups excluding carboxylic acids is 2. The maximum absolute atomic E-state index is 12.6. The number of para-hydroxylation sites is 2. The van der Waals surface area contributed by atoms with E-state index >= 15 is 0 Å². The van der Waals surface area contributed by atoms with E-state index in [1.807, 2.05) is 0 Å². The third-order valence-corrected chi connectivity index (χ3v) is 7.75. The number of non-ortho nitro benzene ring substituents is 2. The molecular weight excluding hydrogens is 603 g/mol. The van der Waals surface area contributed by atoms with Crippen LogP contribution in [0, 0.1) is 20.2 Å². The Hall–Kier alpha value is -3.98. The van der Waals surface area contributed by atoms with Gasteiger partial charge in [-0.1, -0.05) is 58.9 Å². The molecule has 0 aliphatic carbocycles. The Bertz CT molecular complexity index is 1540. The largest absolute Gasteiger partial charge is 0.324 e. The van der Waals surface area contributed by atoms with Crippen LogP contribution in [-0.2, 0) is 9.59 Å². The fourth-order valence-electron chi connectivity index (χ4n) is 3.23. The number of benzene rings is 3. The van der Waals surface area contributed by atoms with Gasteiger partial charge >= 0.3 is 0 Å². The molecule has 1 aromatic heterocycles. The first kappa shape index (κ1) is 29.0. The Kier molecular flexibility index (Phi) is 9.37. The van der Waals surface area contributed by atoms with Gasteiger partial charge < -0.3 is 10.6 Å². The summed E-state index contributed by atoms with van der Waals surface area (Å²) in [5, 5.41) is 27.9. The first-order valence-corrected chi connectivity index (χ1v) is 13.8. The molecule has 0 radical (unpaired) electrons. The maximum Gasteiger partial charge on any atom is 0.271 e. The minimum Gasteiger partial charge on any atom is -0.324 e. The van der Waals surface area contributed by atoms with Crippen molar-refractivity contribution >= 4 is 92.3 Å². The van der Waals surface area contributed by atoms with Crippen molar-refractivity contribution in [3.63, 3.8) is 0 Å². The molecule has 204 valence electrons. The van der Waals surface area contributed by atoms with Crippen LogP contribution in [0.5, 0.6) is 0 Å². The lowest BCUT2D eigenvalue weighted by molar-refractivity contribution is -0.385. The highest BCUT2D eigenvalue weighted by Gasteiger charge is 2.17. The number of thioether (sulfide) groups is 2. The van der Waals surface area contributed by atoms with Crippen molar-refractivity contribution in [3.8, 4) is 0 Å². The molecule has 0 aliphatic heterocycles. The Labute approximate surface area is 244 Å². The quantitative estimate of drug-likeness (QED) is 0.118. The van der Waals surface area contributed by atoms with Crippen LogP contribution in [0.2, 0.25) is 10.0 Å². The number of hydrogen-bond acceptors (Lipinski definition) is 10. The molecule has 2 amide bonds. The summed E-state index contributed by atoms with van der Waals surface area (Å²) in [4.78, 5) is 55.0. The summed E-state index contributed by atoms with van der Waals surface area (Å²) in [7, 11) is 0. The van der Waals surface area contributed by atoms with Gasteiger partial charge in [0, 0.05) is 24.3 Å². The summed E-state index contributed by atoms with van der Waals surface area (Å²) in [5.74, 6) is -1.04. The summed E-state index contributed by atoms with van der Waals surface area (Å²) in [5.41, 5.74) is 1.22. The van der Waals surface area contributed by atoms with E-state index in [2.05, 4.69) is 20.6 Å². The van der Waals surface area contributed by atoms with Crippen LogP contribution in [0.4, 0.5) is 22.7 Å². The van der Waals surface area contributed by atoms with Crippen LogP contribution in [-0.4, -0.2) is 43.1 Å². The van der Waals surface area contributed by atoms with Gasteiger partial charge in [0.25, 0.3) is 11.4 Å². The van der Waals surface area contributed by atoms with Crippen LogP contribution in [0.3, 0.4) is 0 Å². The number of anilines is 2. The lowest BCUT2D eigenvalue weighted by Crippen LogP contribution is -2.15. The minimum absolute atomic E-state index is 0.0217. The topological polar surface area (TPSA) is 170 Å². The zero-order valence-corrected chi connectivity index (χ0v) is 23.1. The van der Waals surface area contributed by atoms with Crippen molar-refractivity contribution in [2.75, 3.05) is 22.1 Å². The number of carbonyl (C=O) groups is 2. The molecule has 16 heteroatoms. The Balaban J connectivity index is 1.44. The van der Waals surface area contributed by atoms with Gasteiger partial charge in [0.15, 0.2) is 0 Å². The standard InChI is InChI=1S/C24H16Cl2N6O6S2/c25-15-9-13(31(35)36)5-7-17(15)27-21(33)11-39-23-24(30-20-4-2-1-3-19(20)29-23)40-12-22(34)28-18-8-6-14(32(37)38)10-16(18)26/h1-10H,11-12H2,(H,27,33)(H,28,34). The molecule has 12 nitrogen and oxygen atoms in total. The van der Waals surface area contributed by atoms with E-state index in [0.717, 1.165) is 35.7 Å². The second-order valence-corrected chi connectivity index (χ2v) is 10.6. The van der Waals surface area contributed by atoms with Gasteiger partial charge in [-0.05, 0) is 24.3 Å². The highest BCUT2D eigenvalue weighted by Crippen LogP contribution is 2.32. The maximum atomic E-state index is 12.6. The van der Waals surface area contributed by atoms with E-state index < -0.39 is 21.7 Å². The van der Waals surface area contributed by atoms with Crippen LogP contribution in [0.15, 0.2) is 70.7 Å². The monoisotopic (exact) mass is 618 g/mol. The molecule has 0 fully saturated rings. The number of nitro benzene ring substituents is 2. The number of nitrogens with one attached hydrogen (secondary N) is 2. The summed E-state index contributed by atoms with van der Waals surface area (Å²) < 4.78 is 0. The Morgan fingerprint density at radius 1 is 0.725 bits per heavy atom. The predicted molar refractivity (Wildman–Crippen MR) is 154 cm³/mol. The summed E-state index contributed by atoms with van der Waals surface area (Å²) in [6.07, 6.45) is 0. The van der Waals surface area contributed by atoms with Crippen LogP contribution >= 0.6 is 46.7 Å². The average molecular weight is 619 g/mol. The highest BCUT2D eigenvalue weighted by atomic mass is 35.5. The molecule has 0 atom stereocenters. The van der Waals surface area contributed by atoms with Crippen molar-refractivity contribution in [2.24, 2.45) is 0 Å². The first-order chi connectivity index (χ1) is 19.1. The molecular formula is C24H16Cl2N6O6S2. The first-order valence-electron chi connectivity index (χ1n) is 11.1. The second-order valence-electron chi connectivity index (χ2n) is 7.84. The lowest BCUT2D eigenvalue weighted by atomic mass is 10.3. The number of nitro groups is 2. The predicted octanol–water partition coefficient (Wildman–Crippen LogP) is 6.21. The minimum atomic E-state index is -0.592. The molecule has 0 spiro atoms. The number of nitrogens with zero attached hydrogens (tertiary/aromatic N) is 4. The van der Waals surface area contributed by atoms with E-state index in [-0.39, 0.29) is 44.3 Å². The fourth-order valence-corrected chi connectivity index (χ4v) is 5.38. The summed E-state index contributed by atoms with van der Waals surface area (Å²) in [6, 6.07) is 14.5. The molecule has 4 aromatic rings. The van der Waals surface area contributed by atoms with Gasteiger partial charge in [-0.15, -0.1) is 0 Å². The average Bonchev–Trinajstić information content (AvgIpc) is 2.92. The summed E-state index contributed by atoms with van der Waals surface area (Å²) in [6.45, 7) is 0. The molecule has 3 aromatic carbocycles. The molecule has 1 heterocycles. The van der Waals surface area contributed by atoms with E-state index in [9.17, 15) is 29.8 Å². The van der Waals surface area contributed by atoms with Crippen molar-refractivity contribution in [3.05, 3.63) is 90.9 Å². The number of rotatable bonds is 10. The van der Waals surface area contributed by atoms with E-state index in [1.54, 1.807) is 24.3 Å². The third-order valence-electron chi connectivity index (χ3n) is 5.06. The zero-order chi connectivity index (χ0) is 28.8. The number of amides is 2. The Morgan fingerprint density at radius 2 is 1.12 bits per heavy atom. The molecule has 0 aliphatic rings. The number of aromatic nitrogens is 2.